The topological polar surface area (TPSA) is 221 Å². The first-order chi connectivity index (χ1) is 26.9. The summed E-state index contributed by atoms with van der Waals surface area (Å²) in [7, 11) is 10.5. The van der Waals surface area contributed by atoms with Crippen molar-refractivity contribution in [1.29, 1.82) is 0 Å². The summed E-state index contributed by atoms with van der Waals surface area (Å²) in [5.41, 5.74) is -2.23. The molecule has 2 amide bonds. The van der Waals surface area contributed by atoms with Gasteiger partial charge in [-0.2, -0.15) is 43.4 Å². The van der Waals surface area contributed by atoms with Crippen LogP contribution in [0, 0.1) is 0 Å². The number of hydrogen-bond acceptors (Lipinski definition) is 13. The van der Waals surface area contributed by atoms with Gasteiger partial charge in [-0.15, -0.1) is 0 Å². The standard InChI is InChI=1S/C16H20F3NO5S.C16H20F3NO4S.3ClH.IO4.Na.Ru/c1-10(11-5-7-12(8-6-11)16(17,18)19)13-9-24-26(22,23)20(13)14(21)25-15(2,3)4;1-10(11-5-7-12(8-6-11)16(17,18)19)13-9-23-25(22)20(13)14(21)24-15(2,3)4;;;;2-1(3,4)5;;/h5-8,10,13H,9H2,1-4H3;5-8,10,13H,9H2,1-4H3;3*1H;;;/q;;;;;-1;+1;+3/p-3/t10-,13+;10-,13+,25?;;;;;;/m00....../s1. The van der Waals surface area contributed by atoms with Crippen molar-refractivity contribution in [2.24, 2.45) is 0 Å². The normalized spacial score (nSPS) is 20.2. The predicted molar refractivity (Wildman–Crippen MR) is 190 cm³/mol. The number of alkyl halides is 6. The molecule has 0 saturated carbocycles. The Morgan fingerprint density at radius 1 is 0.754 bits per heavy atom. The number of benzene rings is 2. The molecule has 0 spiro atoms. The van der Waals surface area contributed by atoms with Crippen LogP contribution >= 0.6 is 29.1 Å². The van der Waals surface area contributed by atoms with Gasteiger partial charge in [-0.05, 0) is 76.9 Å². The summed E-state index contributed by atoms with van der Waals surface area (Å²) in [6.45, 7) is 12.8. The zero-order valence-corrected chi connectivity index (χ0v) is 43.3. The fourth-order valence-electron chi connectivity index (χ4n) is 4.94. The Morgan fingerprint density at radius 3 is 1.41 bits per heavy atom. The van der Waals surface area contributed by atoms with Crippen LogP contribution in [0.1, 0.15) is 89.5 Å². The molecule has 15 nitrogen and oxygen atoms in total. The van der Waals surface area contributed by atoms with E-state index in [1.165, 1.54) is 24.3 Å². The molecule has 0 bridgehead atoms. The molecule has 4 rings (SSSR count). The summed E-state index contributed by atoms with van der Waals surface area (Å²) >= 11 is -9.68. The van der Waals surface area contributed by atoms with Crippen LogP contribution in [0.25, 0.3) is 0 Å². The molecule has 2 aliphatic heterocycles. The molecule has 29 heteroatoms. The molecule has 2 aliphatic rings. The number of ether oxygens (including phenoxy) is 2. The van der Waals surface area contributed by atoms with Crippen LogP contribution in [0.4, 0.5) is 35.9 Å². The van der Waals surface area contributed by atoms with E-state index in [-0.39, 0.29) is 48.7 Å². The van der Waals surface area contributed by atoms with E-state index >= 15 is 0 Å². The summed E-state index contributed by atoms with van der Waals surface area (Å²) in [6, 6.07) is 7.47. The third-order valence-corrected chi connectivity index (χ3v) is 9.97. The van der Waals surface area contributed by atoms with E-state index in [9.17, 15) is 48.6 Å². The SMILES string of the molecule is C[C@@H](c1ccc(C(F)(F)F)cc1)[C@H]1COS(=O)(=O)N1C(=O)OC(C)(C)C.C[C@@H](c1ccc(C(F)(F)F)cc1)[C@H]1COS(=O)N1C(=O)OC(C)(C)C.[Cl][Ru]([Cl])[Cl].[Na+].[O-][I+3]([O-])([O-])[O-]. The number of carbonyl (C=O) groups is 2. The third-order valence-electron chi connectivity index (χ3n) is 7.56. The second kappa shape index (κ2) is 24.4. The number of halogens is 10. The van der Waals surface area contributed by atoms with Gasteiger partial charge in [0.1, 0.15) is 31.3 Å². The van der Waals surface area contributed by atoms with Crippen LogP contribution in [0.15, 0.2) is 48.5 Å². The van der Waals surface area contributed by atoms with Crippen LogP contribution in [-0.4, -0.2) is 69.9 Å². The van der Waals surface area contributed by atoms with Crippen molar-refractivity contribution in [3.05, 3.63) is 70.8 Å². The minimum absolute atomic E-state index is 0. The van der Waals surface area contributed by atoms with Gasteiger partial charge < -0.3 is 9.47 Å². The molecule has 2 fully saturated rings. The van der Waals surface area contributed by atoms with Crippen LogP contribution in [0.3, 0.4) is 0 Å². The Hall–Kier alpha value is -0.357. The second-order valence-electron chi connectivity index (χ2n) is 14.3. The molecule has 61 heavy (non-hydrogen) atoms. The Bertz CT molecular complexity index is 1850. The van der Waals surface area contributed by atoms with E-state index in [1.807, 2.05) is 0 Å². The Labute approximate surface area is 397 Å². The van der Waals surface area contributed by atoms with Crippen molar-refractivity contribution >= 4 is 62.8 Å². The van der Waals surface area contributed by atoms with E-state index in [4.69, 9.17) is 60.7 Å². The first kappa shape index (κ1) is 60.6. The van der Waals surface area contributed by atoms with Gasteiger partial charge in [0.25, 0.3) is 11.3 Å². The fraction of sp³-hybridized carbons (Fsp3) is 0.562. The van der Waals surface area contributed by atoms with E-state index < -0.39 is 120 Å². The van der Waals surface area contributed by atoms with Crippen molar-refractivity contribution in [3.8, 4) is 0 Å². The maximum Gasteiger partial charge on any atom is 1.00 e. The van der Waals surface area contributed by atoms with E-state index in [0.717, 1.165) is 28.6 Å². The average molecular weight is 1200 g/mol. The summed E-state index contributed by atoms with van der Waals surface area (Å²) in [5, 5.41) is 0. The van der Waals surface area contributed by atoms with Crippen LogP contribution in [0.2, 0.25) is 0 Å². The average Bonchev–Trinajstić information content (AvgIpc) is 3.59. The van der Waals surface area contributed by atoms with E-state index in [2.05, 4.69) is 0 Å². The van der Waals surface area contributed by atoms with Gasteiger partial charge in [-0.3, -0.25) is 22.1 Å². The van der Waals surface area contributed by atoms with Crippen molar-refractivity contribution < 1.29 is 143 Å². The Balaban J connectivity index is 0.000000971. The second-order valence-corrected chi connectivity index (χ2v) is 26.9. The molecule has 0 radical (unpaired) electrons. The molecular weight excluding hydrogens is 1160 g/mol. The van der Waals surface area contributed by atoms with Crippen molar-refractivity contribution in [2.75, 3.05) is 13.2 Å². The molecule has 347 valence electrons. The molecule has 0 aromatic heterocycles. The minimum atomic E-state index is -5.94. The molecule has 2 aromatic rings. The van der Waals surface area contributed by atoms with E-state index in [1.54, 1.807) is 55.4 Å². The number of hydrogen-bond donors (Lipinski definition) is 0. The molecule has 5 atom stereocenters. The van der Waals surface area contributed by atoms with Gasteiger partial charge in [-0.25, -0.2) is 13.8 Å². The first-order valence-corrected chi connectivity index (χ1v) is 29.1. The number of amides is 2. The smallest absolute Gasteiger partial charge is 0.286 e. The van der Waals surface area contributed by atoms with Gasteiger partial charge in [0.05, 0.1) is 36.4 Å². The third kappa shape index (κ3) is 22.1. The molecule has 0 N–H and O–H groups in total. The van der Waals surface area contributed by atoms with Crippen molar-refractivity contribution in [3.63, 3.8) is 0 Å². The molecule has 1 unspecified atom stereocenters. The quantitative estimate of drug-likeness (QED) is 0.205. The summed E-state index contributed by atoms with van der Waals surface area (Å²) < 4.78 is 168. The molecule has 2 aromatic carbocycles. The van der Waals surface area contributed by atoms with Gasteiger partial charge in [-0.1, -0.05) is 38.1 Å². The summed E-state index contributed by atoms with van der Waals surface area (Å²) in [5.74, 6) is -0.983. The Kier molecular flexibility index (Phi) is 24.3. The van der Waals surface area contributed by atoms with Gasteiger partial charge in [0, 0.05) is 11.8 Å². The van der Waals surface area contributed by atoms with Crippen molar-refractivity contribution in [2.45, 2.75) is 103 Å². The molecular formula is C32H40Cl3F6IN2NaO13RuS2. The molecule has 2 saturated heterocycles. The largest absolute Gasteiger partial charge is 1.00 e. The van der Waals surface area contributed by atoms with E-state index in [0.29, 0.717) is 15.4 Å². The zero-order chi connectivity index (χ0) is 47.0. The maximum absolute atomic E-state index is 12.7. The predicted octanol–water partition coefficient (Wildman–Crippen LogP) is -0.969. The van der Waals surface area contributed by atoms with Gasteiger partial charge >= 0.3 is 106 Å². The van der Waals surface area contributed by atoms with Crippen LogP contribution < -0.4 is 63.4 Å². The van der Waals surface area contributed by atoms with Gasteiger partial charge in [0.2, 0.25) is 0 Å². The number of rotatable bonds is 4. The van der Waals surface area contributed by atoms with Crippen LogP contribution in [-0.2, 0) is 64.7 Å². The summed E-state index contributed by atoms with van der Waals surface area (Å²) in [4.78, 5) is 24.6. The first-order valence-electron chi connectivity index (χ1n) is 16.5. The molecule has 0 aliphatic carbocycles. The number of nitrogens with zero attached hydrogens (tertiary/aromatic N) is 2. The monoisotopic (exact) mass is 1190 g/mol. The van der Waals surface area contributed by atoms with Crippen LogP contribution in [0.5, 0.6) is 0 Å². The van der Waals surface area contributed by atoms with Gasteiger partial charge in [0.15, 0.2) is 0 Å². The van der Waals surface area contributed by atoms with Crippen molar-refractivity contribution in [1.82, 2.24) is 8.61 Å². The summed E-state index contributed by atoms with van der Waals surface area (Å²) in [6.07, 6.45) is -10.8. The maximum atomic E-state index is 12.7. The zero-order valence-electron chi connectivity index (χ0n) is 33.5. The fourth-order valence-corrected chi connectivity index (χ4v) is 7.15. The Morgan fingerprint density at radius 2 is 1.08 bits per heavy atom. The number of carbonyl (C=O) groups excluding carboxylic acids is 2. The molecule has 2 heterocycles. The minimum Gasteiger partial charge on any atom is -0.286 e.